The van der Waals surface area contributed by atoms with Crippen molar-refractivity contribution in [2.45, 2.75) is 18.8 Å². The number of hydrogen-bond donors (Lipinski definition) is 2. The Kier molecular flexibility index (Phi) is 4.17. The number of likely N-dealkylation sites (tertiary alicyclic amines) is 1. The number of carbonyl (C=O) groups excluding carboxylic acids is 1. The lowest BCUT2D eigenvalue weighted by molar-refractivity contribution is 0.208. The fourth-order valence-electron chi connectivity index (χ4n) is 3.55. The molecule has 1 fully saturated rings. The van der Waals surface area contributed by atoms with Crippen LogP contribution in [0.5, 0.6) is 0 Å². The first-order valence-corrected chi connectivity index (χ1v) is 8.77. The lowest BCUT2D eigenvalue weighted by Crippen LogP contribution is -2.39. The molecule has 1 aromatic carbocycles. The number of aryl methyl sites for hydroxylation is 1. The van der Waals surface area contributed by atoms with E-state index in [1.54, 1.807) is 0 Å². The molecule has 0 bridgehead atoms. The van der Waals surface area contributed by atoms with Crippen LogP contribution in [-0.4, -0.2) is 45.3 Å². The van der Waals surface area contributed by atoms with Gasteiger partial charge >= 0.3 is 6.03 Å². The molecule has 0 spiro atoms. The Bertz CT molecular complexity index is 848. The molecule has 1 unspecified atom stereocenters. The number of hydrogen-bond acceptors (Lipinski definition) is 2. The van der Waals surface area contributed by atoms with Gasteiger partial charge in [-0.1, -0.05) is 18.2 Å². The molecule has 2 N–H and O–H groups in total. The lowest BCUT2D eigenvalue weighted by atomic mass is 10.0. The fraction of sp³-hybridized carbons (Fsp3) is 0.368. The summed E-state index contributed by atoms with van der Waals surface area (Å²) in [5, 5.41) is 8.48. The van der Waals surface area contributed by atoms with Crippen molar-refractivity contribution in [1.29, 1.82) is 0 Å². The highest BCUT2D eigenvalue weighted by Crippen LogP contribution is 2.26. The minimum absolute atomic E-state index is 0.0301. The van der Waals surface area contributed by atoms with Gasteiger partial charge < -0.3 is 15.2 Å². The third-order valence-corrected chi connectivity index (χ3v) is 4.93. The summed E-state index contributed by atoms with van der Waals surface area (Å²) in [4.78, 5) is 17.7. The number of rotatable bonds is 4. The van der Waals surface area contributed by atoms with Crippen molar-refractivity contribution in [3.05, 3.63) is 54.0 Å². The van der Waals surface area contributed by atoms with Crippen molar-refractivity contribution in [3.8, 4) is 0 Å². The summed E-state index contributed by atoms with van der Waals surface area (Å²) in [5.41, 5.74) is 3.51. The first-order chi connectivity index (χ1) is 12.2. The van der Waals surface area contributed by atoms with Crippen molar-refractivity contribution in [2.24, 2.45) is 7.05 Å². The van der Waals surface area contributed by atoms with Gasteiger partial charge in [0.05, 0.1) is 6.20 Å². The van der Waals surface area contributed by atoms with Crippen LogP contribution in [0.1, 0.15) is 23.6 Å². The van der Waals surface area contributed by atoms with Crippen LogP contribution < -0.4 is 5.32 Å². The normalized spacial score (nSPS) is 17.3. The molecule has 4 rings (SSSR count). The Morgan fingerprint density at radius 3 is 3.08 bits per heavy atom. The van der Waals surface area contributed by atoms with Gasteiger partial charge in [0.15, 0.2) is 0 Å². The zero-order valence-corrected chi connectivity index (χ0v) is 14.4. The van der Waals surface area contributed by atoms with Gasteiger partial charge in [-0.2, -0.15) is 5.10 Å². The number of benzene rings is 1. The molecule has 3 aromatic rings. The second kappa shape index (κ2) is 6.63. The zero-order chi connectivity index (χ0) is 17.2. The van der Waals surface area contributed by atoms with Gasteiger partial charge in [0, 0.05) is 56.4 Å². The molecule has 1 atom stereocenters. The van der Waals surface area contributed by atoms with Crippen LogP contribution in [0.3, 0.4) is 0 Å². The third-order valence-electron chi connectivity index (χ3n) is 4.93. The van der Waals surface area contributed by atoms with E-state index in [1.807, 2.05) is 41.2 Å². The van der Waals surface area contributed by atoms with Gasteiger partial charge in [-0.15, -0.1) is 0 Å². The zero-order valence-electron chi connectivity index (χ0n) is 14.4. The van der Waals surface area contributed by atoms with E-state index in [0.717, 1.165) is 37.1 Å². The summed E-state index contributed by atoms with van der Waals surface area (Å²) < 4.78 is 1.82. The van der Waals surface area contributed by atoms with Gasteiger partial charge in [-0.25, -0.2) is 4.79 Å². The summed E-state index contributed by atoms with van der Waals surface area (Å²) in [6.07, 6.45) is 5.76. The van der Waals surface area contributed by atoms with E-state index >= 15 is 0 Å². The number of H-pyrrole nitrogens is 1. The summed E-state index contributed by atoms with van der Waals surface area (Å²) in [6.45, 7) is 2.21. The quantitative estimate of drug-likeness (QED) is 0.769. The van der Waals surface area contributed by atoms with Crippen molar-refractivity contribution < 1.29 is 4.79 Å². The maximum absolute atomic E-state index is 12.4. The average molecular weight is 337 g/mol. The molecule has 1 aliphatic heterocycles. The highest BCUT2D eigenvalue weighted by Gasteiger charge is 2.27. The summed E-state index contributed by atoms with van der Waals surface area (Å²) in [7, 11) is 1.92. The van der Waals surface area contributed by atoms with Crippen LogP contribution >= 0.6 is 0 Å². The van der Waals surface area contributed by atoms with Crippen LogP contribution in [0.25, 0.3) is 10.9 Å². The molecule has 3 heterocycles. The smallest absolute Gasteiger partial charge is 0.317 e. The number of urea groups is 1. The van der Waals surface area contributed by atoms with Gasteiger partial charge in [0.25, 0.3) is 0 Å². The Labute approximate surface area is 146 Å². The maximum Gasteiger partial charge on any atom is 0.317 e. The Balaban J connectivity index is 1.28. The molecule has 25 heavy (non-hydrogen) atoms. The summed E-state index contributed by atoms with van der Waals surface area (Å²) in [5.74, 6) is 0.396. The Morgan fingerprint density at radius 1 is 1.40 bits per heavy atom. The molecule has 6 nitrogen and oxygen atoms in total. The van der Waals surface area contributed by atoms with Crippen molar-refractivity contribution in [1.82, 2.24) is 25.0 Å². The van der Waals surface area contributed by atoms with E-state index in [1.165, 1.54) is 10.9 Å². The molecule has 2 amide bonds. The number of amides is 2. The van der Waals surface area contributed by atoms with E-state index in [0.29, 0.717) is 12.5 Å². The van der Waals surface area contributed by atoms with E-state index < -0.39 is 0 Å². The SMILES string of the molecule is Cn1cc(C2CCN(C(=O)NCCc3cc4ccccc4[nH]3)C2)cn1. The fourth-order valence-corrected chi connectivity index (χ4v) is 3.55. The highest BCUT2D eigenvalue weighted by molar-refractivity contribution is 5.80. The summed E-state index contributed by atoms with van der Waals surface area (Å²) in [6, 6.07) is 10.4. The van der Waals surface area contributed by atoms with Crippen LogP contribution in [0.4, 0.5) is 4.79 Å². The lowest BCUT2D eigenvalue weighted by Gasteiger charge is -2.17. The Morgan fingerprint density at radius 2 is 2.28 bits per heavy atom. The van der Waals surface area contributed by atoms with E-state index in [9.17, 15) is 4.79 Å². The second-order valence-corrected chi connectivity index (χ2v) is 6.74. The molecule has 1 saturated heterocycles. The first kappa shape index (κ1) is 15.7. The van der Waals surface area contributed by atoms with Gasteiger partial charge in [0.1, 0.15) is 0 Å². The molecule has 0 saturated carbocycles. The summed E-state index contributed by atoms with van der Waals surface area (Å²) >= 11 is 0. The standard InChI is InChI=1S/C19H23N5O/c1-23-12-16(11-21-23)15-7-9-24(13-15)19(25)20-8-6-17-10-14-4-2-3-5-18(14)22-17/h2-5,10-12,15,22H,6-9,13H2,1H3,(H,20,25). The molecule has 1 aliphatic rings. The van der Waals surface area contributed by atoms with Gasteiger partial charge in [0.2, 0.25) is 0 Å². The van der Waals surface area contributed by atoms with Gasteiger partial charge in [-0.05, 0) is 29.5 Å². The van der Waals surface area contributed by atoms with Crippen molar-refractivity contribution >= 4 is 16.9 Å². The van der Waals surface area contributed by atoms with Crippen LogP contribution in [0, 0.1) is 0 Å². The number of para-hydroxylation sites is 1. The molecule has 6 heteroatoms. The molecule has 0 radical (unpaired) electrons. The number of carbonyl (C=O) groups is 1. The van der Waals surface area contributed by atoms with E-state index in [2.05, 4.69) is 33.6 Å². The minimum atomic E-state index is 0.0301. The second-order valence-electron chi connectivity index (χ2n) is 6.74. The molecule has 0 aliphatic carbocycles. The molecule has 2 aromatic heterocycles. The van der Waals surface area contributed by atoms with Crippen LogP contribution in [-0.2, 0) is 13.5 Å². The Hall–Kier alpha value is -2.76. The third kappa shape index (κ3) is 3.38. The molecule has 130 valence electrons. The number of nitrogens with one attached hydrogen (secondary N) is 2. The maximum atomic E-state index is 12.4. The van der Waals surface area contributed by atoms with Crippen molar-refractivity contribution in [3.63, 3.8) is 0 Å². The van der Waals surface area contributed by atoms with Crippen LogP contribution in [0.15, 0.2) is 42.7 Å². The topological polar surface area (TPSA) is 66.0 Å². The molecular formula is C19H23N5O. The number of nitrogens with zero attached hydrogens (tertiary/aromatic N) is 3. The predicted octanol–water partition coefficient (Wildman–Crippen LogP) is 2.64. The number of aromatic amines is 1. The number of aromatic nitrogens is 3. The van der Waals surface area contributed by atoms with Crippen molar-refractivity contribution in [2.75, 3.05) is 19.6 Å². The largest absolute Gasteiger partial charge is 0.358 e. The van der Waals surface area contributed by atoms with Gasteiger partial charge in [-0.3, -0.25) is 4.68 Å². The monoisotopic (exact) mass is 337 g/mol. The number of fused-ring (bicyclic) bond motifs is 1. The molecular weight excluding hydrogens is 314 g/mol. The predicted molar refractivity (Wildman–Crippen MR) is 97.5 cm³/mol. The van der Waals surface area contributed by atoms with E-state index in [-0.39, 0.29) is 6.03 Å². The first-order valence-electron chi connectivity index (χ1n) is 8.77. The average Bonchev–Trinajstić information content (AvgIpc) is 3.32. The van der Waals surface area contributed by atoms with Crippen LogP contribution in [0.2, 0.25) is 0 Å². The highest BCUT2D eigenvalue weighted by atomic mass is 16.2. The minimum Gasteiger partial charge on any atom is -0.358 e. The van der Waals surface area contributed by atoms with E-state index in [4.69, 9.17) is 0 Å².